The maximum absolute atomic E-state index is 9.21. The molecule has 0 radical (unpaired) electrons. The SMILES string of the molecule is COc1ccc(C)cc1CNCC1CC(O)C1. The highest BCUT2D eigenvalue weighted by molar-refractivity contribution is 5.36. The maximum Gasteiger partial charge on any atom is 0.123 e. The molecule has 2 rings (SSSR count). The summed E-state index contributed by atoms with van der Waals surface area (Å²) < 4.78 is 5.34. The fraction of sp³-hybridized carbons (Fsp3) is 0.571. The predicted molar refractivity (Wildman–Crippen MR) is 68.2 cm³/mol. The van der Waals surface area contributed by atoms with Gasteiger partial charge in [-0.15, -0.1) is 0 Å². The Labute approximate surface area is 103 Å². The zero-order chi connectivity index (χ0) is 12.3. The number of ether oxygens (including phenoxy) is 1. The Hall–Kier alpha value is -1.06. The first kappa shape index (κ1) is 12.4. The average Bonchev–Trinajstić information content (AvgIpc) is 2.27. The van der Waals surface area contributed by atoms with Crippen molar-refractivity contribution < 1.29 is 9.84 Å². The molecule has 0 aliphatic heterocycles. The Bertz CT molecular complexity index is 372. The van der Waals surface area contributed by atoms with Crippen LogP contribution in [0, 0.1) is 12.8 Å². The van der Waals surface area contributed by atoms with Crippen molar-refractivity contribution in [3.05, 3.63) is 29.3 Å². The molecule has 0 aromatic heterocycles. The van der Waals surface area contributed by atoms with Gasteiger partial charge in [0.15, 0.2) is 0 Å². The van der Waals surface area contributed by atoms with Crippen LogP contribution in [0.1, 0.15) is 24.0 Å². The van der Waals surface area contributed by atoms with E-state index in [1.54, 1.807) is 7.11 Å². The summed E-state index contributed by atoms with van der Waals surface area (Å²) in [4.78, 5) is 0. The van der Waals surface area contributed by atoms with E-state index in [0.29, 0.717) is 5.92 Å². The highest BCUT2D eigenvalue weighted by Crippen LogP contribution is 2.26. The van der Waals surface area contributed by atoms with Crippen molar-refractivity contribution in [2.24, 2.45) is 5.92 Å². The summed E-state index contributed by atoms with van der Waals surface area (Å²) >= 11 is 0. The van der Waals surface area contributed by atoms with Crippen molar-refractivity contribution in [2.45, 2.75) is 32.4 Å². The van der Waals surface area contributed by atoms with Gasteiger partial charge in [-0.25, -0.2) is 0 Å². The molecule has 3 nitrogen and oxygen atoms in total. The molecule has 94 valence electrons. The quantitative estimate of drug-likeness (QED) is 0.818. The highest BCUT2D eigenvalue weighted by Gasteiger charge is 2.26. The van der Waals surface area contributed by atoms with E-state index in [-0.39, 0.29) is 6.10 Å². The lowest BCUT2D eigenvalue weighted by atomic mass is 9.82. The molecule has 0 saturated heterocycles. The summed E-state index contributed by atoms with van der Waals surface area (Å²) in [6, 6.07) is 6.23. The van der Waals surface area contributed by atoms with Gasteiger partial charge in [-0.2, -0.15) is 0 Å². The van der Waals surface area contributed by atoms with E-state index in [4.69, 9.17) is 4.74 Å². The van der Waals surface area contributed by atoms with Gasteiger partial charge in [0.2, 0.25) is 0 Å². The average molecular weight is 235 g/mol. The molecule has 1 aliphatic rings. The van der Waals surface area contributed by atoms with Crippen molar-refractivity contribution >= 4 is 0 Å². The summed E-state index contributed by atoms with van der Waals surface area (Å²) in [7, 11) is 1.70. The van der Waals surface area contributed by atoms with Crippen LogP contribution in [0.25, 0.3) is 0 Å². The lowest BCUT2D eigenvalue weighted by Gasteiger charge is -2.31. The van der Waals surface area contributed by atoms with Gasteiger partial charge < -0.3 is 15.2 Å². The normalized spacial score (nSPS) is 23.2. The highest BCUT2D eigenvalue weighted by atomic mass is 16.5. The van der Waals surface area contributed by atoms with Crippen molar-refractivity contribution in [1.29, 1.82) is 0 Å². The van der Waals surface area contributed by atoms with E-state index in [2.05, 4.69) is 24.4 Å². The van der Waals surface area contributed by atoms with Gasteiger partial charge in [-0.05, 0) is 38.3 Å². The molecule has 0 heterocycles. The largest absolute Gasteiger partial charge is 0.496 e. The smallest absolute Gasteiger partial charge is 0.123 e. The topological polar surface area (TPSA) is 41.5 Å². The summed E-state index contributed by atoms with van der Waals surface area (Å²) in [5.41, 5.74) is 2.45. The summed E-state index contributed by atoms with van der Waals surface area (Å²) in [6.45, 7) is 3.90. The first-order valence-electron chi connectivity index (χ1n) is 6.21. The van der Waals surface area contributed by atoms with Crippen LogP contribution < -0.4 is 10.1 Å². The Morgan fingerprint density at radius 2 is 2.18 bits per heavy atom. The van der Waals surface area contributed by atoms with Crippen molar-refractivity contribution in [3.63, 3.8) is 0 Å². The number of nitrogens with one attached hydrogen (secondary N) is 1. The van der Waals surface area contributed by atoms with Crippen molar-refractivity contribution in [2.75, 3.05) is 13.7 Å². The van der Waals surface area contributed by atoms with Gasteiger partial charge in [0.05, 0.1) is 13.2 Å². The zero-order valence-corrected chi connectivity index (χ0v) is 10.6. The van der Waals surface area contributed by atoms with E-state index < -0.39 is 0 Å². The van der Waals surface area contributed by atoms with Gasteiger partial charge in [-0.1, -0.05) is 17.7 Å². The number of aliphatic hydroxyl groups excluding tert-OH is 1. The summed E-state index contributed by atoms with van der Waals surface area (Å²) in [5, 5.41) is 12.6. The molecule has 0 bridgehead atoms. The molecule has 0 amide bonds. The molecule has 0 spiro atoms. The van der Waals surface area contributed by atoms with Crippen LogP contribution in [0.15, 0.2) is 18.2 Å². The minimum Gasteiger partial charge on any atom is -0.496 e. The van der Waals surface area contributed by atoms with Crippen molar-refractivity contribution in [3.8, 4) is 5.75 Å². The minimum atomic E-state index is -0.0599. The van der Waals surface area contributed by atoms with E-state index in [0.717, 1.165) is 31.7 Å². The van der Waals surface area contributed by atoms with Gasteiger partial charge in [0, 0.05) is 12.1 Å². The van der Waals surface area contributed by atoms with E-state index in [1.807, 2.05) is 6.07 Å². The Morgan fingerprint density at radius 1 is 1.41 bits per heavy atom. The third kappa shape index (κ3) is 3.20. The lowest BCUT2D eigenvalue weighted by molar-refractivity contribution is 0.0429. The first-order chi connectivity index (χ1) is 8.19. The second-order valence-corrected chi connectivity index (χ2v) is 4.94. The zero-order valence-electron chi connectivity index (χ0n) is 10.6. The molecule has 1 aromatic carbocycles. The van der Waals surface area contributed by atoms with Crippen LogP contribution in [0.5, 0.6) is 5.75 Å². The van der Waals surface area contributed by atoms with Crippen LogP contribution in [-0.2, 0) is 6.54 Å². The number of aliphatic hydroxyl groups is 1. The standard InChI is InChI=1S/C14H21NO2/c1-10-3-4-14(17-2)12(5-10)9-15-8-11-6-13(16)7-11/h3-5,11,13,15-16H,6-9H2,1-2H3. The van der Waals surface area contributed by atoms with Gasteiger partial charge in [0.25, 0.3) is 0 Å². The Kier molecular flexibility index (Phi) is 4.02. The lowest BCUT2D eigenvalue weighted by Crippen LogP contribution is -2.35. The number of methoxy groups -OCH3 is 1. The molecule has 1 aromatic rings. The molecule has 2 N–H and O–H groups in total. The molecule has 17 heavy (non-hydrogen) atoms. The van der Waals surface area contributed by atoms with Crippen molar-refractivity contribution in [1.82, 2.24) is 5.32 Å². The summed E-state index contributed by atoms with van der Waals surface area (Å²) in [5.74, 6) is 1.58. The fourth-order valence-electron chi connectivity index (χ4n) is 2.32. The number of rotatable bonds is 5. The molecular formula is C14H21NO2. The van der Waals surface area contributed by atoms with E-state index in [9.17, 15) is 5.11 Å². The Balaban J connectivity index is 1.83. The van der Waals surface area contributed by atoms with E-state index >= 15 is 0 Å². The minimum absolute atomic E-state index is 0.0599. The summed E-state index contributed by atoms with van der Waals surface area (Å²) in [6.07, 6.45) is 1.82. The second kappa shape index (κ2) is 5.52. The maximum atomic E-state index is 9.21. The van der Waals surface area contributed by atoms with Crippen LogP contribution >= 0.6 is 0 Å². The van der Waals surface area contributed by atoms with E-state index in [1.165, 1.54) is 11.1 Å². The molecule has 1 fully saturated rings. The molecule has 3 heteroatoms. The monoisotopic (exact) mass is 235 g/mol. The number of aryl methyl sites for hydroxylation is 1. The molecular weight excluding hydrogens is 214 g/mol. The van der Waals surface area contributed by atoms with Crippen LogP contribution in [-0.4, -0.2) is 24.9 Å². The number of benzene rings is 1. The second-order valence-electron chi connectivity index (χ2n) is 4.94. The third-order valence-corrected chi connectivity index (χ3v) is 3.40. The molecule has 1 aliphatic carbocycles. The number of hydrogen-bond donors (Lipinski definition) is 2. The van der Waals surface area contributed by atoms with Crippen LogP contribution in [0.2, 0.25) is 0 Å². The first-order valence-corrected chi connectivity index (χ1v) is 6.21. The molecule has 0 unspecified atom stereocenters. The van der Waals surface area contributed by atoms with Gasteiger partial charge in [-0.3, -0.25) is 0 Å². The van der Waals surface area contributed by atoms with Gasteiger partial charge >= 0.3 is 0 Å². The fourth-order valence-corrected chi connectivity index (χ4v) is 2.32. The molecule has 0 atom stereocenters. The Morgan fingerprint density at radius 3 is 2.82 bits per heavy atom. The number of hydrogen-bond acceptors (Lipinski definition) is 3. The predicted octanol–water partition coefficient (Wildman–Crippen LogP) is 1.86. The third-order valence-electron chi connectivity index (χ3n) is 3.40. The van der Waals surface area contributed by atoms with Crippen LogP contribution in [0.4, 0.5) is 0 Å². The van der Waals surface area contributed by atoms with Crippen LogP contribution in [0.3, 0.4) is 0 Å². The molecule has 1 saturated carbocycles. The van der Waals surface area contributed by atoms with Gasteiger partial charge in [0.1, 0.15) is 5.75 Å².